The van der Waals surface area contributed by atoms with Gasteiger partial charge in [0.15, 0.2) is 6.61 Å². The van der Waals surface area contributed by atoms with E-state index in [4.69, 9.17) is 14.2 Å². The Kier molecular flexibility index (Phi) is 9.36. The first-order valence-corrected chi connectivity index (χ1v) is 9.63. The van der Waals surface area contributed by atoms with Crippen LogP contribution in [0.5, 0.6) is 0 Å². The molecular formula is C17H26N2O7S. The second kappa shape index (κ2) is 11.0. The lowest BCUT2D eigenvalue weighted by Crippen LogP contribution is -2.39. The number of esters is 1. The molecule has 152 valence electrons. The number of sulfonamides is 1. The molecule has 0 aliphatic rings. The summed E-state index contributed by atoms with van der Waals surface area (Å²) >= 11 is 0. The summed E-state index contributed by atoms with van der Waals surface area (Å²) < 4.78 is 40.1. The van der Waals surface area contributed by atoms with E-state index in [1.165, 1.54) is 57.5 Å². The largest absolute Gasteiger partial charge is 0.452 e. The second-order valence-electron chi connectivity index (χ2n) is 5.75. The fourth-order valence-corrected chi connectivity index (χ4v) is 2.94. The third-order valence-electron chi connectivity index (χ3n) is 3.68. The first-order chi connectivity index (χ1) is 12.7. The van der Waals surface area contributed by atoms with Gasteiger partial charge in [-0.05, 0) is 24.3 Å². The first kappa shape index (κ1) is 23.0. The molecule has 0 unspecified atom stereocenters. The minimum Gasteiger partial charge on any atom is -0.452 e. The van der Waals surface area contributed by atoms with Crippen molar-refractivity contribution in [3.05, 3.63) is 29.8 Å². The highest BCUT2D eigenvalue weighted by molar-refractivity contribution is 7.89. The number of carbonyl (C=O) groups is 2. The number of methoxy groups -OCH3 is 2. The Labute approximate surface area is 159 Å². The zero-order valence-corrected chi connectivity index (χ0v) is 16.8. The maximum absolute atomic E-state index is 12.2. The van der Waals surface area contributed by atoms with Gasteiger partial charge in [0, 0.05) is 41.4 Å². The molecule has 10 heteroatoms. The molecule has 0 aromatic heterocycles. The highest BCUT2D eigenvalue weighted by Crippen LogP contribution is 2.14. The Morgan fingerprint density at radius 3 is 1.93 bits per heavy atom. The molecule has 0 saturated carbocycles. The van der Waals surface area contributed by atoms with Crippen molar-refractivity contribution >= 4 is 21.9 Å². The van der Waals surface area contributed by atoms with E-state index < -0.39 is 22.6 Å². The smallest absolute Gasteiger partial charge is 0.338 e. The van der Waals surface area contributed by atoms with Crippen molar-refractivity contribution < 1.29 is 32.2 Å². The lowest BCUT2D eigenvalue weighted by atomic mass is 10.2. The molecule has 1 rings (SSSR count). The topological polar surface area (TPSA) is 102 Å². The molecule has 0 spiro atoms. The van der Waals surface area contributed by atoms with E-state index in [0.29, 0.717) is 26.3 Å². The van der Waals surface area contributed by atoms with E-state index in [1.807, 2.05) is 0 Å². The Balaban J connectivity index is 2.68. The summed E-state index contributed by atoms with van der Waals surface area (Å²) in [6, 6.07) is 5.32. The van der Waals surface area contributed by atoms with Crippen LogP contribution in [0.4, 0.5) is 0 Å². The fraction of sp³-hybridized carbons (Fsp3) is 0.529. The van der Waals surface area contributed by atoms with Crippen LogP contribution in [0.15, 0.2) is 29.2 Å². The maximum Gasteiger partial charge on any atom is 0.338 e. The summed E-state index contributed by atoms with van der Waals surface area (Å²) in [7, 11) is 2.31. The summed E-state index contributed by atoms with van der Waals surface area (Å²) in [6.07, 6.45) is 0. The van der Waals surface area contributed by atoms with Crippen molar-refractivity contribution in [3.63, 3.8) is 0 Å². The van der Waals surface area contributed by atoms with Gasteiger partial charge in [-0.15, -0.1) is 0 Å². The van der Waals surface area contributed by atoms with E-state index in [1.54, 1.807) is 0 Å². The predicted molar refractivity (Wildman–Crippen MR) is 97.9 cm³/mol. The van der Waals surface area contributed by atoms with Gasteiger partial charge >= 0.3 is 5.97 Å². The molecule has 0 saturated heterocycles. The molecule has 0 atom stereocenters. The van der Waals surface area contributed by atoms with E-state index in [2.05, 4.69) is 0 Å². The van der Waals surface area contributed by atoms with Gasteiger partial charge < -0.3 is 19.1 Å². The van der Waals surface area contributed by atoms with Crippen LogP contribution in [0.3, 0.4) is 0 Å². The molecule has 0 aliphatic heterocycles. The number of benzene rings is 1. The van der Waals surface area contributed by atoms with Crippen LogP contribution in [-0.4, -0.2) is 90.7 Å². The van der Waals surface area contributed by atoms with Gasteiger partial charge in [0.1, 0.15) is 0 Å². The molecule has 1 aromatic carbocycles. The zero-order valence-electron chi connectivity index (χ0n) is 16.0. The third kappa shape index (κ3) is 6.90. The molecule has 0 fully saturated rings. The lowest BCUT2D eigenvalue weighted by molar-refractivity contribution is -0.135. The monoisotopic (exact) mass is 402 g/mol. The maximum atomic E-state index is 12.2. The molecule has 0 bridgehead atoms. The van der Waals surface area contributed by atoms with Crippen molar-refractivity contribution in [1.29, 1.82) is 0 Å². The number of hydrogen-bond acceptors (Lipinski definition) is 7. The Bertz CT molecular complexity index is 709. The SMILES string of the molecule is COCCN(CCOC)C(=O)COC(=O)c1ccc(S(=O)(=O)N(C)C)cc1. The van der Waals surface area contributed by atoms with E-state index in [0.717, 1.165) is 4.31 Å². The van der Waals surface area contributed by atoms with Gasteiger partial charge in [0.05, 0.1) is 23.7 Å². The van der Waals surface area contributed by atoms with Gasteiger partial charge in [0.2, 0.25) is 10.0 Å². The summed E-state index contributed by atoms with van der Waals surface area (Å²) in [4.78, 5) is 25.8. The van der Waals surface area contributed by atoms with Crippen molar-refractivity contribution in [3.8, 4) is 0 Å². The molecule has 1 amide bonds. The quantitative estimate of drug-likeness (QED) is 0.488. The third-order valence-corrected chi connectivity index (χ3v) is 5.51. The van der Waals surface area contributed by atoms with Gasteiger partial charge in [-0.1, -0.05) is 0 Å². The molecule has 1 aromatic rings. The van der Waals surface area contributed by atoms with Crippen LogP contribution in [0.2, 0.25) is 0 Å². The molecule has 27 heavy (non-hydrogen) atoms. The minimum atomic E-state index is -3.58. The van der Waals surface area contributed by atoms with Crippen molar-refractivity contribution in [2.24, 2.45) is 0 Å². The Morgan fingerprint density at radius 2 is 1.48 bits per heavy atom. The number of ether oxygens (including phenoxy) is 3. The predicted octanol–water partition coefficient (Wildman–Crippen LogP) is 0.215. The lowest BCUT2D eigenvalue weighted by Gasteiger charge is -2.21. The van der Waals surface area contributed by atoms with Crippen LogP contribution in [0.25, 0.3) is 0 Å². The summed E-state index contributed by atoms with van der Waals surface area (Å²) in [5, 5.41) is 0. The molecule has 0 heterocycles. The van der Waals surface area contributed by atoms with Crippen LogP contribution in [-0.2, 0) is 29.0 Å². The first-order valence-electron chi connectivity index (χ1n) is 8.19. The van der Waals surface area contributed by atoms with Crippen LogP contribution in [0.1, 0.15) is 10.4 Å². The summed E-state index contributed by atoms with van der Waals surface area (Å²) in [5.41, 5.74) is 0.154. The number of carbonyl (C=O) groups excluding carboxylic acids is 2. The van der Waals surface area contributed by atoms with Crippen molar-refractivity contribution in [2.45, 2.75) is 4.90 Å². The molecule has 0 aliphatic carbocycles. The number of rotatable bonds is 11. The number of hydrogen-bond donors (Lipinski definition) is 0. The van der Waals surface area contributed by atoms with Crippen molar-refractivity contribution in [2.75, 3.05) is 61.2 Å². The number of amides is 1. The Hall–Kier alpha value is -2.01. The number of nitrogens with zero attached hydrogens (tertiary/aromatic N) is 2. The molecule has 0 N–H and O–H groups in total. The van der Waals surface area contributed by atoms with Gasteiger partial charge in [-0.3, -0.25) is 4.79 Å². The highest BCUT2D eigenvalue weighted by Gasteiger charge is 2.19. The minimum absolute atomic E-state index is 0.0606. The summed E-state index contributed by atoms with van der Waals surface area (Å²) in [5.74, 6) is -1.08. The molecular weight excluding hydrogens is 376 g/mol. The van der Waals surface area contributed by atoms with Crippen molar-refractivity contribution in [1.82, 2.24) is 9.21 Å². The second-order valence-corrected chi connectivity index (χ2v) is 7.91. The van der Waals surface area contributed by atoms with E-state index in [9.17, 15) is 18.0 Å². The van der Waals surface area contributed by atoms with Crippen LogP contribution >= 0.6 is 0 Å². The average Bonchev–Trinajstić information content (AvgIpc) is 2.65. The summed E-state index contributed by atoms with van der Waals surface area (Å²) in [6.45, 7) is 0.987. The van der Waals surface area contributed by atoms with Crippen LogP contribution < -0.4 is 0 Å². The standard InChI is InChI=1S/C17H26N2O7S/c1-18(2)27(22,23)15-7-5-14(6-8-15)17(21)26-13-16(20)19(9-11-24-3)10-12-25-4/h5-8H,9-13H2,1-4H3. The fourth-order valence-electron chi connectivity index (χ4n) is 2.04. The van der Waals surface area contributed by atoms with E-state index in [-0.39, 0.29) is 16.4 Å². The van der Waals surface area contributed by atoms with Gasteiger partial charge in [-0.2, -0.15) is 0 Å². The molecule has 0 radical (unpaired) electrons. The Morgan fingerprint density at radius 1 is 0.963 bits per heavy atom. The molecule has 9 nitrogen and oxygen atoms in total. The normalized spacial score (nSPS) is 11.4. The van der Waals surface area contributed by atoms with Gasteiger partial charge in [-0.25, -0.2) is 17.5 Å². The van der Waals surface area contributed by atoms with E-state index >= 15 is 0 Å². The highest BCUT2D eigenvalue weighted by atomic mass is 32.2. The zero-order chi connectivity index (χ0) is 20.4. The van der Waals surface area contributed by atoms with Gasteiger partial charge in [0.25, 0.3) is 5.91 Å². The average molecular weight is 402 g/mol. The van der Waals surface area contributed by atoms with Crippen LogP contribution in [0, 0.1) is 0 Å².